The van der Waals surface area contributed by atoms with E-state index in [9.17, 15) is 9.59 Å². The zero-order chi connectivity index (χ0) is 19.2. The SMILES string of the molecule is COc1ccc(NC(=O)[C@@H]2CC[C@H](C(=O)O)O2)cc1OCc1ccncc1. The summed E-state index contributed by atoms with van der Waals surface area (Å²) >= 11 is 0. The smallest absolute Gasteiger partial charge is 0.332 e. The van der Waals surface area contributed by atoms with Crippen LogP contribution in [0, 0.1) is 0 Å². The molecule has 2 N–H and O–H groups in total. The van der Waals surface area contributed by atoms with Gasteiger partial charge in [0.25, 0.3) is 5.91 Å². The number of benzene rings is 1. The van der Waals surface area contributed by atoms with Gasteiger partial charge in [-0.15, -0.1) is 0 Å². The summed E-state index contributed by atoms with van der Waals surface area (Å²) in [6.07, 6.45) is 2.32. The maximum Gasteiger partial charge on any atom is 0.332 e. The molecule has 1 aromatic carbocycles. The molecule has 8 heteroatoms. The number of carboxylic acids is 1. The van der Waals surface area contributed by atoms with Crippen molar-refractivity contribution in [3.05, 3.63) is 48.3 Å². The fourth-order valence-electron chi connectivity index (χ4n) is 2.74. The highest BCUT2D eigenvalue weighted by Gasteiger charge is 2.34. The van der Waals surface area contributed by atoms with Crippen molar-refractivity contribution >= 4 is 17.6 Å². The first-order chi connectivity index (χ1) is 13.1. The molecule has 0 bridgehead atoms. The van der Waals surface area contributed by atoms with Crippen LogP contribution < -0.4 is 14.8 Å². The lowest BCUT2D eigenvalue weighted by atomic mass is 10.2. The summed E-state index contributed by atoms with van der Waals surface area (Å²) in [7, 11) is 1.53. The van der Waals surface area contributed by atoms with Gasteiger partial charge in [-0.2, -0.15) is 0 Å². The number of methoxy groups -OCH3 is 1. The lowest BCUT2D eigenvalue weighted by Gasteiger charge is -2.15. The zero-order valence-corrected chi connectivity index (χ0v) is 14.8. The van der Waals surface area contributed by atoms with Crippen molar-refractivity contribution in [2.24, 2.45) is 0 Å². The van der Waals surface area contributed by atoms with Crippen molar-refractivity contribution in [2.75, 3.05) is 12.4 Å². The second-order valence-electron chi connectivity index (χ2n) is 6.03. The van der Waals surface area contributed by atoms with Gasteiger partial charge in [0.1, 0.15) is 12.7 Å². The van der Waals surface area contributed by atoms with Gasteiger partial charge in [0.05, 0.1) is 7.11 Å². The summed E-state index contributed by atoms with van der Waals surface area (Å²) in [5.74, 6) is -0.432. The van der Waals surface area contributed by atoms with Gasteiger partial charge in [0, 0.05) is 24.1 Å². The van der Waals surface area contributed by atoms with Gasteiger partial charge in [-0.05, 0) is 42.7 Å². The van der Waals surface area contributed by atoms with Crippen molar-refractivity contribution in [1.82, 2.24) is 4.98 Å². The van der Waals surface area contributed by atoms with E-state index in [2.05, 4.69) is 10.3 Å². The van der Waals surface area contributed by atoms with Crippen molar-refractivity contribution in [3.63, 3.8) is 0 Å². The number of carbonyl (C=O) groups excluding carboxylic acids is 1. The number of nitrogens with zero attached hydrogens (tertiary/aromatic N) is 1. The van der Waals surface area contributed by atoms with E-state index < -0.39 is 18.2 Å². The third-order valence-corrected chi connectivity index (χ3v) is 4.16. The van der Waals surface area contributed by atoms with E-state index in [1.165, 1.54) is 7.11 Å². The molecule has 1 fully saturated rings. The molecule has 2 heterocycles. The number of pyridine rings is 1. The van der Waals surface area contributed by atoms with Gasteiger partial charge < -0.3 is 24.6 Å². The molecule has 1 saturated heterocycles. The maximum atomic E-state index is 12.3. The number of aliphatic carboxylic acids is 1. The van der Waals surface area contributed by atoms with E-state index in [-0.39, 0.29) is 5.91 Å². The molecule has 0 unspecified atom stereocenters. The predicted octanol–water partition coefficient (Wildman–Crippen LogP) is 2.24. The highest BCUT2D eigenvalue weighted by Crippen LogP contribution is 2.31. The third-order valence-electron chi connectivity index (χ3n) is 4.16. The Bertz CT molecular complexity index is 811. The number of nitrogens with one attached hydrogen (secondary N) is 1. The van der Waals surface area contributed by atoms with Crippen LogP contribution in [0.25, 0.3) is 0 Å². The van der Waals surface area contributed by atoms with Crippen LogP contribution >= 0.6 is 0 Å². The summed E-state index contributed by atoms with van der Waals surface area (Å²) in [5, 5.41) is 11.7. The minimum Gasteiger partial charge on any atom is -0.493 e. The van der Waals surface area contributed by atoms with Crippen LogP contribution in [-0.4, -0.2) is 41.3 Å². The van der Waals surface area contributed by atoms with E-state index in [0.29, 0.717) is 36.6 Å². The van der Waals surface area contributed by atoms with E-state index in [4.69, 9.17) is 19.3 Å². The monoisotopic (exact) mass is 372 g/mol. The highest BCUT2D eigenvalue weighted by molar-refractivity contribution is 5.95. The molecule has 1 amide bonds. The lowest BCUT2D eigenvalue weighted by Crippen LogP contribution is -2.29. The Morgan fingerprint density at radius 3 is 2.59 bits per heavy atom. The number of amides is 1. The number of rotatable bonds is 7. The topological polar surface area (TPSA) is 107 Å². The summed E-state index contributed by atoms with van der Waals surface area (Å²) < 4.78 is 16.4. The average Bonchev–Trinajstić information content (AvgIpc) is 3.18. The highest BCUT2D eigenvalue weighted by atomic mass is 16.5. The largest absolute Gasteiger partial charge is 0.493 e. The number of hydrogen-bond donors (Lipinski definition) is 2. The Morgan fingerprint density at radius 2 is 1.93 bits per heavy atom. The fourth-order valence-corrected chi connectivity index (χ4v) is 2.74. The number of anilines is 1. The molecular weight excluding hydrogens is 352 g/mol. The minimum absolute atomic E-state index is 0.316. The van der Waals surface area contributed by atoms with Gasteiger partial charge in [-0.3, -0.25) is 9.78 Å². The Balaban J connectivity index is 1.65. The molecule has 0 radical (unpaired) electrons. The molecule has 3 rings (SSSR count). The first-order valence-corrected chi connectivity index (χ1v) is 8.45. The number of carbonyl (C=O) groups is 2. The molecular formula is C19H20N2O6. The molecule has 8 nitrogen and oxygen atoms in total. The Kier molecular flexibility index (Phi) is 5.87. The quantitative estimate of drug-likeness (QED) is 0.767. The number of ether oxygens (including phenoxy) is 3. The van der Waals surface area contributed by atoms with E-state index >= 15 is 0 Å². The van der Waals surface area contributed by atoms with Crippen LogP contribution in [0.2, 0.25) is 0 Å². The summed E-state index contributed by atoms with van der Waals surface area (Å²) in [5.41, 5.74) is 1.45. The van der Waals surface area contributed by atoms with Crippen LogP contribution in [-0.2, 0) is 20.9 Å². The van der Waals surface area contributed by atoms with Crippen LogP contribution in [0.15, 0.2) is 42.7 Å². The standard InChI is InChI=1S/C19H20N2O6/c1-25-14-3-2-13(10-17(14)26-11-12-6-8-20-9-7-12)21-18(22)15-4-5-16(27-15)19(23)24/h2-3,6-10,15-16H,4-5,11H2,1H3,(H,21,22)(H,23,24)/t15-,16+/m0/s1. The van der Waals surface area contributed by atoms with Gasteiger partial charge in [-0.1, -0.05) is 0 Å². The lowest BCUT2D eigenvalue weighted by molar-refractivity contribution is -0.150. The minimum atomic E-state index is -1.05. The summed E-state index contributed by atoms with van der Waals surface area (Å²) in [6.45, 7) is 0.322. The van der Waals surface area contributed by atoms with Crippen LogP contribution in [0.1, 0.15) is 18.4 Å². The van der Waals surface area contributed by atoms with Crippen LogP contribution in [0.5, 0.6) is 11.5 Å². The number of hydrogen-bond acceptors (Lipinski definition) is 6. The Hall–Kier alpha value is -3.13. The van der Waals surface area contributed by atoms with Crippen molar-refractivity contribution in [2.45, 2.75) is 31.7 Å². The predicted molar refractivity (Wildman–Crippen MR) is 95.7 cm³/mol. The second kappa shape index (κ2) is 8.50. The van der Waals surface area contributed by atoms with E-state index in [1.807, 2.05) is 12.1 Å². The summed E-state index contributed by atoms with van der Waals surface area (Å²) in [6, 6.07) is 8.71. The third kappa shape index (κ3) is 4.73. The molecule has 1 aromatic heterocycles. The molecule has 2 aromatic rings. The van der Waals surface area contributed by atoms with E-state index in [1.54, 1.807) is 30.6 Å². The Labute approximate surface area is 156 Å². The zero-order valence-electron chi connectivity index (χ0n) is 14.8. The van der Waals surface area contributed by atoms with Crippen LogP contribution in [0.3, 0.4) is 0 Å². The fraction of sp³-hybridized carbons (Fsp3) is 0.316. The first kappa shape index (κ1) is 18.7. The van der Waals surface area contributed by atoms with Gasteiger partial charge >= 0.3 is 5.97 Å². The second-order valence-corrected chi connectivity index (χ2v) is 6.03. The van der Waals surface area contributed by atoms with Gasteiger partial charge in [-0.25, -0.2) is 4.79 Å². The molecule has 1 aliphatic rings. The van der Waals surface area contributed by atoms with Crippen molar-refractivity contribution in [1.29, 1.82) is 0 Å². The molecule has 0 aliphatic carbocycles. The first-order valence-electron chi connectivity index (χ1n) is 8.45. The molecule has 27 heavy (non-hydrogen) atoms. The molecule has 0 saturated carbocycles. The van der Waals surface area contributed by atoms with Gasteiger partial charge in [0.2, 0.25) is 0 Å². The molecule has 2 atom stereocenters. The van der Waals surface area contributed by atoms with Crippen molar-refractivity contribution < 1.29 is 28.9 Å². The molecule has 142 valence electrons. The number of aromatic nitrogens is 1. The normalized spacial score (nSPS) is 18.7. The summed E-state index contributed by atoms with van der Waals surface area (Å²) in [4.78, 5) is 27.2. The molecule has 1 aliphatic heterocycles. The van der Waals surface area contributed by atoms with Crippen LogP contribution in [0.4, 0.5) is 5.69 Å². The van der Waals surface area contributed by atoms with Crippen molar-refractivity contribution in [3.8, 4) is 11.5 Å². The maximum absolute atomic E-state index is 12.3. The number of carboxylic acid groups (broad SMARTS) is 1. The Morgan fingerprint density at radius 1 is 1.19 bits per heavy atom. The van der Waals surface area contributed by atoms with Gasteiger partial charge in [0.15, 0.2) is 17.6 Å². The molecule has 0 spiro atoms. The average molecular weight is 372 g/mol. The van der Waals surface area contributed by atoms with E-state index in [0.717, 1.165) is 5.56 Å².